The van der Waals surface area contributed by atoms with Crippen molar-refractivity contribution >= 4 is 17.1 Å². The minimum atomic E-state index is 0.602. The smallest absolute Gasteiger partial charge is 0.119 e. The van der Waals surface area contributed by atoms with E-state index in [-0.39, 0.29) is 0 Å². The summed E-state index contributed by atoms with van der Waals surface area (Å²) in [5.74, 6) is 5.28. The predicted molar refractivity (Wildman–Crippen MR) is 399 cm³/mol. The van der Waals surface area contributed by atoms with Crippen LogP contribution in [-0.2, 0) is 73.2 Å². The Morgan fingerprint density at radius 2 is 0.566 bits per heavy atom. The van der Waals surface area contributed by atoms with E-state index in [0.717, 1.165) is 158 Å². The fourth-order valence-electron chi connectivity index (χ4n) is 12.8. The monoisotopic (exact) mass is 1340 g/mol. The number of hydrogen-bond acceptors (Lipinski definition) is 15. The number of nitrogens with zero attached hydrogens (tertiary/aromatic N) is 6. The number of ether oxygens (including phenoxy) is 9. The summed E-state index contributed by atoms with van der Waals surface area (Å²) in [6, 6.07) is 76.3. The Morgan fingerprint density at radius 1 is 0.293 bits per heavy atom. The Morgan fingerprint density at radius 3 is 0.889 bits per heavy atom. The fourth-order valence-corrected chi connectivity index (χ4v) is 12.8. The first kappa shape index (κ1) is 72.7. The van der Waals surface area contributed by atoms with Crippen LogP contribution < -0.4 is 43.1 Å². The maximum atomic E-state index is 6.02. The lowest BCUT2D eigenvalue weighted by Gasteiger charge is -2.28. The van der Waals surface area contributed by atoms with Gasteiger partial charge in [0, 0.05) is 102 Å². The molecule has 3 aliphatic rings. The van der Waals surface area contributed by atoms with Crippen molar-refractivity contribution < 1.29 is 42.6 Å². The van der Waals surface area contributed by atoms with Crippen molar-refractivity contribution in [2.75, 3.05) is 136 Å². The van der Waals surface area contributed by atoms with Gasteiger partial charge in [0.2, 0.25) is 0 Å². The zero-order valence-corrected chi connectivity index (χ0v) is 59.1. The molecule has 0 saturated carbocycles. The highest BCUT2D eigenvalue weighted by Gasteiger charge is 2.18. The summed E-state index contributed by atoms with van der Waals surface area (Å²) in [7, 11) is 10.3. The lowest BCUT2D eigenvalue weighted by atomic mass is 10.1. The molecular formula is C84H102N6O9. The summed E-state index contributed by atoms with van der Waals surface area (Å²) >= 11 is 0. The number of hydrogen-bond donors (Lipinski definition) is 0. The molecule has 9 aromatic carbocycles. The maximum absolute atomic E-state index is 6.02. The first-order valence-electron chi connectivity index (χ1n) is 34.9. The van der Waals surface area contributed by atoms with Crippen LogP contribution in [-0.4, -0.2) is 136 Å². The van der Waals surface area contributed by atoms with Crippen LogP contribution in [0, 0.1) is 0 Å². The molecule has 9 aromatic rings. The van der Waals surface area contributed by atoms with E-state index in [0.29, 0.717) is 6.61 Å². The lowest BCUT2D eigenvalue weighted by molar-refractivity contribution is 0.0180. The van der Waals surface area contributed by atoms with Gasteiger partial charge in [-0.3, -0.25) is 14.7 Å². The molecule has 12 rings (SSSR count). The highest BCUT2D eigenvalue weighted by Crippen LogP contribution is 2.30. The molecule has 3 saturated heterocycles. The van der Waals surface area contributed by atoms with E-state index in [1.165, 1.54) is 93.8 Å². The molecule has 0 radical (unpaired) electrons. The minimum Gasteiger partial charge on any atom is -0.497 e. The standard InChI is InChI=1S/C29H36N2O4.C28H34N2O2.C27H32N2O3/c1-32-28-10-4-6-24(19-28)21-31(22-25-7-5-11-29(20-25)33-2)27-9-3-8-26(18-27)23-35-17-14-30-12-15-34-16-13-30;1-31-27-13-7-10-24(18-27)21-30(22-25-11-8-14-28(19-25)32-2)26-12-6-9-23(17-26)20-29-15-4-3-5-16-29;1-30-26-10-4-7-23(17-26)20-29(21-24-8-5-11-27(18-24)31-2)25-9-3-6-22(16-25)19-28-12-14-32-15-13-28/h3-11,18-20H,12-17,21-23H2,1-2H3;6-14,17-19H,3-5,15-16,20-22H2,1-2H3;3-11,16-18H,12-15,19-21H2,1-2H3. The van der Waals surface area contributed by atoms with Crippen molar-refractivity contribution in [2.45, 2.75) is 78.2 Å². The van der Waals surface area contributed by atoms with Crippen LogP contribution in [0.5, 0.6) is 34.5 Å². The molecule has 3 aliphatic heterocycles. The van der Waals surface area contributed by atoms with Gasteiger partial charge >= 0.3 is 0 Å². The van der Waals surface area contributed by atoms with Crippen molar-refractivity contribution in [1.82, 2.24) is 14.7 Å². The number of anilines is 3. The highest BCUT2D eigenvalue weighted by atomic mass is 16.5. The Balaban J connectivity index is 0.000000161. The molecule has 0 aromatic heterocycles. The molecule has 0 spiro atoms. The zero-order valence-electron chi connectivity index (χ0n) is 59.1. The second-order valence-electron chi connectivity index (χ2n) is 25.4. The minimum absolute atomic E-state index is 0.602. The van der Waals surface area contributed by atoms with Gasteiger partial charge in [-0.05, 0) is 185 Å². The summed E-state index contributed by atoms with van der Waals surface area (Å²) in [5.41, 5.74) is 14.8. The van der Waals surface area contributed by atoms with Crippen molar-refractivity contribution in [3.63, 3.8) is 0 Å². The van der Waals surface area contributed by atoms with Crippen LogP contribution in [0.25, 0.3) is 0 Å². The van der Waals surface area contributed by atoms with Crippen molar-refractivity contribution in [2.24, 2.45) is 0 Å². The molecule has 15 nitrogen and oxygen atoms in total. The molecule has 0 bridgehead atoms. The zero-order chi connectivity index (χ0) is 68.6. The quantitative estimate of drug-likeness (QED) is 0.0399. The number of morpholine rings is 2. The van der Waals surface area contributed by atoms with E-state index in [4.69, 9.17) is 42.6 Å². The van der Waals surface area contributed by atoms with Gasteiger partial charge in [-0.15, -0.1) is 0 Å². The summed E-state index contributed by atoms with van der Waals surface area (Å²) in [4.78, 5) is 14.6. The van der Waals surface area contributed by atoms with Gasteiger partial charge in [0.1, 0.15) is 34.5 Å². The first-order valence-corrected chi connectivity index (χ1v) is 34.9. The van der Waals surface area contributed by atoms with Crippen LogP contribution in [0.15, 0.2) is 218 Å². The third-order valence-corrected chi connectivity index (χ3v) is 18.2. The van der Waals surface area contributed by atoms with E-state index >= 15 is 0 Å². The van der Waals surface area contributed by atoms with Crippen LogP contribution >= 0.6 is 0 Å². The van der Waals surface area contributed by atoms with E-state index in [9.17, 15) is 0 Å². The van der Waals surface area contributed by atoms with Gasteiger partial charge in [-0.1, -0.05) is 116 Å². The number of piperidine rings is 1. The average Bonchev–Trinajstić information content (AvgIpc) is 0.946. The summed E-state index contributed by atoms with van der Waals surface area (Å²) in [6.45, 7) is 18.6. The van der Waals surface area contributed by atoms with Gasteiger partial charge in [0.25, 0.3) is 0 Å². The van der Waals surface area contributed by atoms with Crippen LogP contribution in [0.1, 0.15) is 69.3 Å². The molecule has 3 fully saturated rings. The second kappa shape index (κ2) is 39.5. The highest BCUT2D eigenvalue weighted by molar-refractivity contribution is 5.54. The van der Waals surface area contributed by atoms with E-state index in [2.05, 4.69) is 187 Å². The molecule has 99 heavy (non-hydrogen) atoms. The Labute approximate surface area is 588 Å². The maximum Gasteiger partial charge on any atom is 0.119 e. The topological polar surface area (TPSA) is 103 Å². The number of methoxy groups -OCH3 is 6. The average molecular weight is 1340 g/mol. The fraction of sp³-hybridized carbons (Fsp3) is 0.357. The molecule has 522 valence electrons. The molecular weight excluding hydrogens is 1240 g/mol. The van der Waals surface area contributed by atoms with Gasteiger partial charge in [0.15, 0.2) is 0 Å². The summed E-state index contributed by atoms with van der Waals surface area (Å²) in [5, 5.41) is 0. The van der Waals surface area contributed by atoms with Gasteiger partial charge in [0.05, 0.1) is 82.3 Å². The summed E-state index contributed by atoms with van der Waals surface area (Å²) < 4.78 is 49.6. The molecule has 0 unspecified atom stereocenters. The van der Waals surface area contributed by atoms with Crippen LogP contribution in [0.3, 0.4) is 0 Å². The predicted octanol–water partition coefficient (Wildman–Crippen LogP) is 15.4. The van der Waals surface area contributed by atoms with E-state index in [1.54, 1.807) is 42.7 Å². The molecule has 0 amide bonds. The largest absolute Gasteiger partial charge is 0.497 e. The van der Waals surface area contributed by atoms with Gasteiger partial charge in [-0.25, -0.2) is 0 Å². The van der Waals surface area contributed by atoms with Crippen LogP contribution in [0.2, 0.25) is 0 Å². The Bertz CT molecular complexity index is 3520. The molecule has 15 heteroatoms. The third-order valence-electron chi connectivity index (χ3n) is 18.2. The van der Waals surface area contributed by atoms with Gasteiger partial charge < -0.3 is 57.3 Å². The second-order valence-corrected chi connectivity index (χ2v) is 25.4. The molecule has 0 aliphatic carbocycles. The van der Waals surface area contributed by atoms with Gasteiger partial charge in [-0.2, -0.15) is 0 Å². The summed E-state index contributed by atoms with van der Waals surface area (Å²) in [6.07, 6.45) is 4.00. The van der Waals surface area contributed by atoms with Crippen molar-refractivity contribution in [1.29, 1.82) is 0 Å². The van der Waals surface area contributed by atoms with E-state index in [1.807, 2.05) is 60.7 Å². The molecule has 0 atom stereocenters. The SMILES string of the molecule is COc1cccc(CN(Cc2cccc(OC)c2)c2cccc(CN3CCCCC3)c2)c1.COc1cccc(CN(Cc2cccc(OC)c2)c2cccc(CN3CCOCC3)c2)c1.COc1cccc(CN(Cc2cccc(OC)c2)c2cccc(COCCN3CCOCC3)c2)c1. The molecule has 3 heterocycles. The van der Waals surface area contributed by atoms with Crippen LogP contribution in [0.4, 0.5) is 17.1 Å². The molecule has 0 N–H and O–H groups in total. The lowest BCUT2D eigenvalue weighted by Crippen LogP contribution is -2.38. The van der Waals surface area contributed by atoms with E-state index < -0.39 is 0 Å². The first-order chi connectivity index (χ1) is 48.7. The Kier molecular flexibility index (Phi) is 29.0. The number of likely N-dealkylation sites (tertiary alicyclic amines) is 1. The number of rotatable bonds is 30. The van der Waals surface area contributed by atoms with Crippen molar-refractivity contribution in [3.05, 3.63) is 268 Å². The van der Waals surface area contributed by atoms with Crippen molar-refractivity contribution in [3.8, 4) is 34.5 Å². The number of benzene rings is 9. The third kappa shape index (κ3) is 23.8. The normalized spacial score (nSPS) is 14.1. The Hall–Kier alpha value is -9.06.